The van der Waals surface area contributed by atoms with Crippen LogP contribution >= 0.6 is 0 Å². The number of aromatic nitrogens is 1. The molecule has 0 spiro atoms. The Bertz CT molecular complexity index is 1010. The zero-order valence-electron chi connectivity index (χ0n) is 20.6. The number of hydrogen-bond donors (Lipinski definition) is 0. The van der Waals surface area contributed by atoms with Crippen LogP contribution < -0.4 is 0 Å². The number of aliphatic imine (C=N–C) groups is 1. The molecule has 1 fully saturated rings. The van der Waals surface area contributed by atoms with Gasteiger partial charge in [0.15, 0.2) is 0 Å². The van der Waals surface area contributed by atoms with Gasteiger partial charge in [-0.3, -0.25) is 14.8 Å². The number of amides is 1. The SMILES string of the molecule is CC/C=C\c1ccc(C(=O)N2CCC(C(=C/CC)/N=C\Cc3cccc(C)c3C)CC2)nc1. The Hall–Kier alpha value is -3.01. The van der Waals surface area contributed by atoms with E-state index in [9.17, 15) is 4.79 Å². The molecule has 1 amide bonds. The summed E-state index contributed by atoms with van der Waals surface area (Å²) in [7, 11) is 0. The highest BCUT2D eigenvalue weighted by molar-refractivity contribution is 5.92. The molecule has 3 rings (SSSR count). The van der Waals surface area contributed by atoms with Gasteiger partial charge in [0.1, 0.15) is 5.69 Å². The van der Waals surface area contributed by atoms with Crippen molar-refractivity contribution in [3.8, 4) is 0 Å². The second-order valence-electron chi connectivity index (χ2n) is 8.77. The summed E-state index contributed by atoms with van der Waals surface area (Å²) in [6.07, 6.45) is 14.9. The largest absolute Gasteiger partial charge is 0.337 e. The molecule has 0 saturated carbocycles. The summed E-state index contributed by atoms with van der Waals surface area (Å²) in [5.74, 6) is 0.428. The molecule has 0 bridgehead atoms. The Morgan fingerprint density at radius 2 is 1.91 bits per heavy atom. The molecule has 1 aromatic heterocycles. The minimum Gasteiger partial charge on any atom is -0.337 e. The van der Waals surface area contributed by atoms with Crippen LogP contribution in [0.1, 0.15) is 72.3 Å². The lowest BCUT2D eigenvalue weighted by Gasteiger charge is -2.32. The molecule has 4 nitrogen and oxygen atoms in total. The molecular weight excluding hydrogens is 406 g/mol. The number of piperidine rings is 1. The van der Waals surface area contributed by atoms with Crippen LogP contribution in [0.4, 0.5) is 0 Å². The van der Waals surface area contributed by atoms with E-state index in [0.29, 0.717) is 11.6 Å². The molecule has 174 valence electrons. The Morgan fingerprint density at radius 3 is 2.58 bits per heavy atom. The summed E-state index contributed by atoms with van der Waals surface area (Å²) in [5, 5.41) is 0. The second kappa shape index (κ2) is 12.3. The molecule has 1 saturated heterocycles. The Labute approximate surface area is 199 Å². The Morgan fingerprint density at radius 1 is 1.12 bits per heavy atom. The van der Waals surface area contributed by atoms with E-state index in [1.165, 1.54) is 22.4 Å². The number of hydrogen-bond acceptors (Lipinski definition) is 3. The second-order valence-corrected chi connectivity index (χ2v) is 8.77. The van der Waals surface area contributed by atoms with Crippen molar-refractivity contribution in [3.05, 3.63) is 82.3 Å². The quantitative estimate of drug-likeness (QED) is 0.433. The van der Waals surface area contributed by atoms with E-state index < -0.39 is 0 Å². The number of carbonyl (C=O) groups is 1. The minimum atomic E-state index is 0.0268. The maximum absolute atomic E-state index is 12.9. The van der Waals surface area contributed by atoms with E-state index in [2.05, 4.69) is 69.2 Å². The molecular formula is C29H37N3O. The average molecular weight is 444 g/mol. The summed E-state index contributed by atoms with van der Waals surface area (Å²) in [6.45, 7) is 10.1. The van der Waals surface area contributed by atoms with E-state index in [0.717, 1.165) is 50.8 Å². The topological polar surface area (TPSA) is 45.6 Å². The number of rotatable bonds is 8. The van der Waals surface area contributed by atoms with E-state index >= 15 is 0 Å². The van der Waals surface area contributed by atoms with Crippen LogP contribution in [0.15, 0.2) is 59.4 Å². The van der Waals surface area contributed by atoms with Crippen LogP contribution in [-0.4, -0.2) is 35.1 Å². The van der Waals surface area contributed by atoms with Crippen LogP contribution in [0.25, 0.3) is 6.08 Å². The maximum Gasteiger partial charge on any atom is 0.272 e. The van der Waals surface area contributed by atoms with Crippen molar-refractivity contribution < 1.29 is 4.79 Å². The van der Waals surface area contributed by atoms with Gasteiger partial charge in [-0.1, -0.05) is 56.3 Å². The highest BCUT2D eigenvalue weighted by Gasteiger charge is 2.26. The molecule has 2 heterocycles. The number of likely N-dealkylation sites (tertiary alicyclic amines) is 1. The van der Waals surface area contributed by atoms with Crippen molar-refractivity contribution in [2.75, 3.05) is 13.1 Å². The Balaban J connectivity index is 1.58. The van der Waals surface area contributed by atoms with Crippen LogP contribution in [-0.2, 0) is 6.42 Å². The van der Waals surface area contributed by atoms with Gasteiger partial charge >= 0.3 is 0 Å². The van der Waals surface area contributed by atoms with Gasteiger partial charge in [0.2, 0.25) is 0 Å². The van der Waals surface area contributed by atoms with Gasteiger partial charge in [0, 0.05) is 43.5 Å². The van der Waals surface area contributed by atoms with Crippen molar-refractivity contribution in [2.45, 2.75) is 59.8 Å². The third-order valence-electron chi connectivity index (χ3n) is 6.43. The van der Waals surface area contributed by atoms with Crippen molar-refractivity contribution in [1.29, 1.82) is 0 Å². The number of pyridine rings is 1. The lowest BCUT2D eigenvalue weighted by molar-refractivity contribution is 0.0695. The summed E-state index contributed by atoms with van der Waals surface area (Å²) in [4.78, 5) is 24.1. The minimum absolute atomic E-state index is 0.0268. The molecule has 0 unspecified atom stereocenters. The molecule has 1 aromatic carbocycles. The van der Waals surface area contributed by atoms with Crippen molar-refractivity contribution in [3.63, 3.8) is 0 Å². The molecule has 1 aliphatic rings. The van der Waals surface area contributed by atoms with E-state index in [1.54, 1.807) is 6.20 Å². The zero-order chi connectivity index (χ0) is 23.6. The number of benzene rings is 1. The summed E-state index contributed by atoms with van der Waals surface area (Å²) >= 11 is 0. The van der Waals surface area contributed by atoms with Crippen molar-refractivity contribution in [2.24, 2.45) is 10.9 Å². The zero-order valence-corrected chi connectivity index (χ0v) is 20.6. The molecule has 0 aliphatic carbocycles. The smallest absolute Gasteiger partial charge is 0.272 e. The molecule has 0 N–H and O–H groups in total. The van der Waals surface area contributed by atoms with Crippen molar-refractivity contribution in [1.82, 2.24) is 9.88 Å². The monoisotopic (exact) mass is 443 g/mol. The van der Waals surface area contributed by atoms with Crippen molar-refractivity contribution >= 4 is 18.2 Å². The highest BCUT2D eigenvalue weighted by atomic mass is 16.2. The van der Waals surface area contributed by atoms with E-state index in [-0.39, 0.29) is 5.91 Å². The average Bonchev–Trinajstić information content (AvgIpc) is 2.85. The standard InChI is InChI=1S/C29H37N3O/c1-5-7-11-24-13-14-28(31-21-24)29(33)32-19-16-26(17-20-32)27(9-6-2)30-18-15-25-12-8-10-22(3)23(25)4/h7-14,18,21,26H,5-6,15-17,19-20H2,1-4H3/b11-7-,27-9-,30-18-. The predicted molar refractivity (Wildman–Crippen MR) is 139 cm³/mol. The fourth-order valence-corrected chi connectivity index (χ4v) is 4.24. The lowest BCUT2D eigenvalue weighted by Crippen LogP contribution is -2.39. The van der Waals surface area contributed by atoms with Crippen LogP contribution in [0, 0.1) is 19.8 Å². The number of allylic oxidation sites excluding steroid dienone is 3. The summed E-state index contributed by atoms with van der Waals surface area (Å²) in [5.41, 5.74) is 6.72. The van der Waals surface area contributed by atoms with Gasteiger partial charge in [-0.05, 0) is 67.9 Å². The fraction of sp³-hybridized carbons (Fsp3) is 0.414. The van der Waals surface area contributed by atoms with Crippen LogP contribution in [0.2, 0.25) is 0 Å². The first kappa shape index (κ1) is 24.6. The third kappa shape index (κ3) is 6.74. The van der Waals surface area contributed by atoms with Gasteiger partial charge in [0.25, 0.3) is 5.91 Å². The lowest BCUT2D eigenvalue weighted by atomic mass is 9.92. The van der Waals surface area contributed by atoms with Gasteiger partial charge in [-0.2, -0.15) is 0 Å². The van der Waals surface area contributed by atoms with E-state index in [4.69, 9.17) is 4.99 Å². The molecule has 0 radical (unpaired) electrons. The Kier molecular flexibility index (Phi) is 9.17. The molecule has 1 aliphatic heterocycles. The van der Waals surface area contributed by atoms with Gasteiger partial charge in [-0.15, -0.1) is 0 Å². The molecule has 2 aromatic rings. The third-order valence-corrected chi connectivity index (χ3v) is 6.43. The first-order valence-corrected chi connectivity index (χ1v) is 12.2. The first-order chi connectivity index (χ1) is 16.0. The normalized spacial score (nSPS) is 15.6. The summed E-state index contributed by atoms with van der Waals surface area (Å²) < 4.78 is 0. The summed E-state index contributed by atoms with van der Waals surface area (Å²) in [6, 6.07) is 10.3. The number of nitrogens with zero attached hydrogens (tertiary/aromatic N) is 3. The van der Waals surface area contributed by atoms with Crippen LogP contribution in [0.3, 0.4) is 0 Å². The maximum atomic E-state index is 12.9. The van der Waals surface area contributed by atoms with Gasteiger partial charge < -0.3 is 4.90 Å². The van der Waals surface area contributed by atoms with Crippen LogP contribution in [0.5, 0.6) is 0 Å². The highest BCUT2D eigenvalue weighted by Crippen LogP contribution is 2.27. The van der Waals surface area contributed by atoms with E-state index in [1.807, 2.05) is 23.1 Å². The number of aryl methyl sites for hydroxylation is 1. The fourth-order valence-electron chi connectivity index (χ4n) is 4.24. The number of carbonyl (C=O) groups excluding carboxylic acids is 1. The predicted octanol–water partition coefficient (Wildman–Crippen LogP) is 6.58. The first-order valence-electron chi connectivity index (χ1n) is 12.2. The van der Waals surface area contributed by atoms with Gasteiger partial charge in [0.05, 0.1) is 0 Å². The van der Waals surface area contributed by atoms with Gasteiger partial charge in [-0.25, -0.2) is 0 Å². The molecule has 33 heavy (non-hydrogen) atoms. The molecule has 0 atom stereocenters. The molecule has 4 heteroatoms.